The van der Waals surface area contributed by atoms with Gasteiger partial charge >= 0.3 is 5.97 Å². The summed E-state index contributed by atoms with van der Waals surface area (Å²) in [6.07, 6.45) is -0.850. The highest BCUT2D eigenvalue weighted by molar-refractivity contribution is 7.81. The highest BCUT2D eigenvalue weighted by Crippen LogP contribution is 2.17. The third kappa shape index (κ3) is 3.94. The van der Waals surface area contributed by atoms with E-state index in [-0.39, 0.29) is 0 Å². The summed E-state index contributed by atoms with van der Waals surface area (Å²) in [5.41, 5.74) is 0. The van der Waals surface area contributed by atoms with Gasteiger partial charge in [-0.05, 0) is 20.8 Å². The first-order valence-corrected chi connectivity index (χ1v) is 4.09. The number of thiol groups is 1. The number of carboxylic acid groups (broad SMARTS) is 1. The van der Waals surface area contributed by atoms with Gasteiger partial charge in [0, 0.05) is 4.75 Å². The summed E-state index contributed by atoms with van der Waals surface area (Å²) in [6.45, 7) is 4.81. The Labute approximate surface area is 77.4 Å². The molecule has 0 aromatic rings. The molecule has 0 rings (SSSR count). The standard InChI is InChI=1S/C7H15NO3S/c1-4(9)8-5(6(10)11)7(2,3)12/h4-5,8-9,12H,1-3H3,(H,10,11)/t4?,5-/m0/s1. The van der Waals surface area contributed by atoms with Crippen molar-refractivity contribution in [2.24, 2.45) is 0 Å². The van der Waals surface area contributed by atoms with Crippen molar-refractivity contribution in [3.8, 4) is 0 Å². The first-order chi connectivity index (χ1) is 5.25. The molecule has 0 fully saturated rings. The van der Waals surface area contributed by atoms with Crippen LogP contribution in [-0.4, -0.2) is 33.2 Å². The van der Waals surface area contributed by atoms with E-state index in [4.69, 9.17) is 10.2 Å². The van der Waals surface area contributed by atoms with Gasteiger partial charge in [0.1, 0.15) is 12.3 Å². The predicted octanol–water partition coefficient (Wildman–Crippen LogP) is 0.0759. The van der Waals surface area contributed by atoms with E-state index >= 15 is 0 Å². The summed E-state index contributed by atoms with van der Waals surface area (Å²) >= 11 is 4.11. The Morgan fingerprint density at radius 3 is 2.08 bits per heavy atom. The topological polar surface area (TPSA) is 69.6 Å². The Hall–Kier alpha value is -0.260. The molecule has 12 heavy (non-hydrogen) atoms. The normalized spacial score (nSPS) is 17.1. The smallest absolute Gasteiger partial charge is 0.322 e. The summed E-state index contributed by atoms with van der Waals surface area (Å²) in [5.74, 6) is -1.02. The molecule has 1 unspecified atom stereocenters. The van der Waals surface area contributed by atoms with E-state index in [0.717, 1.165) is 0 Å². The molecule has 0 aromatic heterocycles. The molecule has 0 radical (unpaired) electrons. The summed E-state index contributed by atoms with van der Waals surface area (Å²) in [5, 5.41) is 20.2. The van der Waals surface area contributed by atoms with E-state index in [9.17, 15) is 4.79 Å². The van der Waals surface area contributed by atoms with Gasteiger partial charge in [-0.1, -0.05) is 0 Å². The molecule has 0 aliphatic carbocycles. The van der Waals surface area contributed by atoms with Crippen molar-refractivity contribution in [3.63, 3.8) is 0 Å². The highest BCUT2D eigenvalue weighted by atomic mass is 32.1. The van der Waals surface area contributed by atoms with E-state index in [2.05, 4.69) is 17.9 Å². The van der Waals surface area contributed by atoms with E-state index in [1.165, 1.54) is 6.92 Å². The van der Waals surface area contributed by atoms with Crippen LogP contribution in [0.3, 0.4) is 0 Å². The van der Waals surface area contributed by atoms with Crippen LogP contribution in [0.25, 0.3) is 0 Å². The summed E-state index contributed by atoms with van der Waals surface area (Å²) in [6, 6.07) is -0.860. The van der Waals surface area contributed by atoms with Gasteiger partial charge in [0.25, 0.3) is 0 Å². The molecule has 0 saturated carbocycles. The van der Waals surface area contributed by atoms with Crippen molar-refractivity contribution in [2.45, 2.75) is 37.8 Å². The average molecular weight is 193 g/mol. The monoisotopic (exact) mass is 193 g/mol. The zero-order valence-electron chi connectivity index (χ0n) is 7.40. The molecule has 0 bridgehead atoms. The molecule has 0 aliphatic rings. The molecule has 5 heteroatoms. The average Bonchev–Trinajstić information content (AvgIpc) is 1.79. The third-order valence-electron chi connectivity index (χ3n) is 1.36. The second-order valence-corrected chi connectivity index (χ2v) is 4.42. The molecule has 72 valence electrons. The number of carboxylic acids is 1. The number of carbonyl (C=O) groups is 1. The van der Waals surface area contributed by atoms with Crippen LogP contribution in [-0.2, 0) is 4.79 Å². The lowest BCUT2D eigenvalue weighted by molar-refractivity contribution is -0.141. The lowest BCUT2D eigenvalue weighted by Gasteiger charge is -2.28. The Morgan fingerprint density at radius 1 is 1.58 bits per heavy atom. The Morgan fingerprint density at radius 2 is 2.00 bits per heavy atom. The van der Waals surface area contributed by atoms with Crippen LogP contribution in [0.1, 0.15) is 20.8 Å². The molecule has 0 heterocycles. The van der Waals surface area contributed by atoms with E-state index in [0.29, 0.717) is 0 Å². The molecule has 4 nitrogen and oxygen atoms in total. The summed E-state index contributed by atoms with van der Waals surface area (Å²) in [4.78, 5) is 10.7. The van der Waals surface area contributed by atoms with Gasteiger partial charge < -0.3 is 10.2 Å². The van der Waals surface area contributed by atoms with Crippen LogP contribution in [0.5, 0.6) is 0 Å². The molecule has 0 aliphatic heterocycles. The highest BCUT2D eigenvalue weighted by Gasteiger charge is 2.32. The van der Waals surface area contributed by atoms with Crippen LogP contribution in [0, 0.1) is 0 Å². The van der Waals surface area contributed by atoms with Gasteiger partial charge in [-0.25, -0.2) is 0 Å². The van der Waals surface area contributed by atoms with Crippen molar-refractivity contribution in [1.82, 2.24) is 5.32 Å². The lowest BCUT2D eigenvalue weighted by Crippen LogP contribution is -2.52. The fourth-order valence-corrected chi connectivity index (χ4v) is 1.00. The van der Waals surface area contributed by atoms with Gasteiger partial charge in [-0.2, -0.15) is 12.6 Å². The van der Waals surface area contributed by atoms with Crippen LogP contribution in [0.15, 0.2) is 0 Å². The molecular formula is C7H15NO3S. The minimum absolute atomic E-state index is 0.706. The van der Waals surface area contributed by atoms with Crippen molar-refractivity contribution >= 4 is 18.6 Å². The van der Waals surface area contributed by atoms with Crippen molar-refractivity contribution < 1.29 is 15.0 Å². The van der Waals surface area contributed by atoms with Crippen LogP contribution in [0.4, 0.5) is 0 Å². The number of aliphatic hydroxyl groups is 1. The largest absolute Gasteiger partial charge is 0.480 e. The maximum absolute atomic E-state index is 10.7. The molecular weight excluding hydrogens is 178 g/mol. The Kier molecular flexibility index (Phi) is 4.02. The van der Waals surface area contributed by atoms with E-state index in [1.54, 1.807) is 13.8 Å². The van der Waals surface area contributed by atoms with E-state index in [1.807, 2.05) is 0 Å². The lowest BCUT2D eigenvalue weighted by atomic mass is 10.0. The fraction of sp³-hybridized carbons (Fsp3) is 0.857. The van der Waals surface area contributed by atoms with Gasteiger partial charge in [-0.3, -0.25) is 10.1 Å². The minimum Gasteiger partial charge on any atom is -0.480 e. The number of nitrogens with one attached hydrogen (secondary N) is 1. The zero-order chi connectivity index (χ0) is 9.94. The Bertz CT molecular complexity index is 165. The number of hydrogen-bond acceptors (Lipinski definition) is 4. The van der Waals surface area contributed by atoms with Gasteiger partial charge in [-0.15, -0.1) is 0 Å². The minimum atomic E-state index is -1.02. The van der Waals surface area contributed by atoms with E-state index < -0.39 is 23.0 Å². The number of aliphatic hydroxyl groups excluding tert-OH is 1. The molecule has 2 atom stereocenters. The number of rotatable bonds is 4. The SMILES string of the molecule is CC(O)N[C@@H](C(=O)O)C(C)(C)S. The second-order valence-electron chi connectivity index (χ2n) is 3.27. The van der Waals surface area contributed by atoms with Gasteiger partial charge in [0.15, 0.2) is 0 Å². The molecule has 0 aromatic carbocycles. The molecule has 0 saturated heterocycles. The number of aliphatic carboxylic acids is 1. The maximum Gasteiger partial charge on any atom is 0.322 e. The van der Waals surface area contributed by atoms with Crippen LogP contribution < -0.4 is 5.32 Å². The van der Waals surface area contributed by atoms with Crippen LogP contribution >= 0.6 is 12.6 Å². The van der Waals surface area contributed by atoms with Crippen molar-refractivity contribution in [3.05, 3.63) is 0 Å². The molecule has 3 N–H and O–H groups in total. The fourth-order valence-electron chi connectivity index (χ4n) is 0.819. The second kappa shape index (κ2) is 4.11. The zero-order valence-corrected chi connectivity index (χ0v) is 8.30. The summed E-state index contributed by atoms with van der Waals surface area (Å²) in [7, 11) is 0. The van der Waals surface area contributed by atoms with Crippen LogP contribution in [0.2, 0.25) is 0 Å². The van der Waals surface area contributed by atoms with Crippen molar-refractivity contribution in [1.29, 1.82) is 0 Å². The Balaban J connectivity index is 4.35. The molecule has 0 amide bonds. The quantitative estimate of drug-likeness (QED) is 0.377. The van der Waals surface area contributed by atoms with Crippen molar-refractivity contribution in [2.75, 3.05) is 0 Å². The van der Waals surface area contributed by atoms with Gasteiger partial charge in [0.05, 0.1) is 0 Å². The first-order valence-electron chi connectivity index (χ1n) is 3.64. The maximum atomic E-state index is 10.7. The number of hydrogen-bond donors (Lipinski definition) is 4. The third-order valence-corrected chi connectivity index (χ3v) is 1.62. The van der Waals surface area contributed by atoms with Gasteiger partial charge in [0.2, 0.25) is 0 Å². The first kappa shape index (κ1) is 11.7. The predicted molar refractivity (Wildman–Crippen MR) is 49.3 cm³/mol. The summed E-state index contributed by atoms with van der Waals surface area (Å²) < 4.78 is -0.706. The molecule has 0 spiro atoms.